The van der Waals surface area contributed by atoms with Gasteiger partial charge in [0.25, 0.3) is 5.69 Å². The molecule has 4 aromatic rings. The van der Waals surface area contributed by atoms with E-state index in [2.05, 4.69) is 22.0 Å². The first-order valence-electron chi connectivity index (χ1n) is 11.3. The number of rotatable bonds is 6. The topological polar surface area (TPSA) is 85.3 Å². The number of hydrogen-bond donors (Lipinski definition) is 0. The Morgan fingerprint density at radius 3 is 2.33 bits per heavy atom. The normalized spacial score (nSPS) is 14.5. The van der Waals surface area contributed by atoms with Gasteiger partial charge in [-0.15, -0.1) is 11.3 Å². The van der Waals surface area contributed by atoms with Crippen molar-refractivity contribution in [2.75, 3.05) is 31.2 Å². The van der Waals surface area contributed by atoms with Gasteiger partial charge in [0, 0.05) is 41.9 Å². The van der Waals surface area contributed by atoms with E-state index in [1.165, 1.54) is 35.6 Å². The van der Waals surface area contributed by atoms with Crippen molar-refractivity contribution in [1.82, 2.24) is 4.68 Å². The molecule has 182 valence electrons. The van der Waals surface area contributed by atoms with Crippen LogP contribution in [0.4, 0.5) is 21.5 Å². The van der Waals surface area contributed by atoms with Gasteiger partial charge < -0.3 is 9.64 Å². The van der Waals surface area contributed by atoms with Crippen molar-refractivity contribution in [2.24, 2.45) is 10.1 Å². The summed E-state index contributed by atoms with van der Waals surface area (Å²) in [5.41, 5.74) is 4.15. The van der Waals surface area contributed by atoms with Gasteiger partial charge in [0.05, 0.1) is 35.7 Å². The maximum Gasteiger partial charge on any atom is 0.269 e. The molecule has 36 heavy (non-hydrogen) atoms. The van der Waals surface area contributed by atoms with Gasteiger partial charge >= 0.3 is 0 Å². The number of benzene rings is 3. The summed E-state index contributed by atoms with van der Waals surface area (Å²) in [5.74, 6) is -0.335. The highest BCUT2D eigenvalue weighted by Gasteiger charge is 2.12. The summed E-state index contributed by atoms with van der Waals surface area (Å²) in [4.78, 5) is 18.1. The Kier molecular flexibility index (Phi) is 6.96. The van der Waals surface area contributed by atoms with Crippen LogP contribution >= 0.6 is 11.3 Å². The van der Waals surface area contributed by atoms with E-state index in [4.69, 9.17) is 9.84 Å². The zero-order valence-electron chi connectivity index (χ0n) is 19.2. The van der Waals surface area contributed by atoms with Crippen molar-refractivity contribution < 1.29 is 14.1 Å². The number of non-ortho nitro benzene ring substituents is 1. The lowest BCUT2D eigenvalue weighted by Crippen LogP contribution is -2.36. The predicted molar refractivity (Wildman–Crippen MR) is 138 cm³/mol. The first kappa shape index (κ1) is 23.6. The average molecular weight is 504 g/mol. The molecule has 10 heteroatoms. The Hall–Kier alpha value is -4.15. The predicted octanol–water partition coefficient (Wildman–Crippen LogP) is 5.22. The summed E-state index contributed by atoms with van der Waals surface area (Å²) < 4.78 is 20.5. The van der Waals surface area contributed by atoms with Crippen LogP contribution in [0.5, 0.6) is 0 Å². The van der Waals surface area contributed by atoms with E-state index >= 15 is 0 Å². The Labute approximate surface area is 210 Å². The fourth-order valence-corrected chi connectivity index (χ4v) is 4.64. The van der Waals surface area contributed by atoms with Crippen LogP contribution < -0.4 is 9.70 Å². The van der Waals surface area contributed by atoms with E-state index in [9.17, 15) is 14.5 Å². The number of aromatic nitrogens is 1. The van der Waals surface area contributed by atoms with E-state index in [1.807, 2.05) is 17.5 Å². The number of halogens is 1. The van der Waals surface area contributed by atoms with E-state index < -0.39 is 4.92 Å². The molecule has 0 radical (unpaired) electrons. The number of morpholine rings is 1. The summed E-state index contributed by atoms with van der Waals surface area (Å²) in [7, 11) is 0. The van der Waals surface area contributed by atoms with Crippen LogP contribution in [0.15, 0.2) is 88.3 Å². The minimum atomic E-state index is -0.431. The standard InChI is InChI=1S/C26H22FN5O3S/c27-21-5-7-22(8-6-21)29-26-31(25(18-36-26)20-3-11-24(12-4-20)32(33)34)28-17-19-1-9-23(10-2-19)30-13-15-35-16-14-30/h1-12,17-18H,13-16H2. The second kappa shape index (κ2) is 10.6. The number of thiazole rings is 1. The highest BCUT2D eigenvalue weighted by atomic mass is 32.1. The lowest BCUT2D eigenvalue weighted by Gasteiger charge is -2.28. The molecule has 2 heterocycles. The van der Waals surface area contributed by atoms with E-state index in [1.54, 1.807) is 35.2 Å². The molecule has 0 unspecified atom stereocenters. The van der Waals surface area contributed by atoms with Crippen molar-refractivity contribution in [3.63, 3.8) is 0 Å². The highest BCUT2D eigenvalue weighted by molar-refractivity contribution is 7.07. The molecule has 0 bridgehead atoms. The first-order valence-corrected chi connectivity index (χ1v) is 12.2. The molecule has 1 aliphatic rings. The highest BCUT2D eigenvalue weighted by Crippen LogP contribution is 2.24. The van der Waals surface area contributed by atoms with Gasteiger partial charge in [0.2, 0.25) is 4.80 Å². The van der Waals surface area contributed by atoms with Crippen molar-refractivity contribution >= 4 is 34.6 Å². The van der Waals surface area contributed by atoms with Crippen LogP contribution in [0.1, 0.15) is 5.56 Å². The quantitative estimate of drug-likeness (QED) is 0.205. The molecule has 1 fully saturated rings. The Bertz CT molecular complexity index is 1440. The van der Waals surface area contributed by atoms with Gasteiger partial charge in [0.1, 0.15) is 5.82 Å². The van der Waals surface area contributed by atoms with Crippen LogP contribution in [-0.4, -0.2) is 42.1 Å². The monoisotopic (exact) mass is 503 g/mol. The van der Waals surface area contributed by atoms with Gasteiger partial charge in [-0.2, -0.15) is 5.10 Å². The van der Waals surface area contributed by atoms with Crippen LogP contribution in [-0.2, 0) is 4.74 Å². The molecule has 0 saturated carbocycles. The summed E-state index contributed by atoms with van der Waals surface area (Å²) >= 11 is 1.37. The second-order valence-corrected chi connectivity index (χ2v) is 8.88. The SMILES string of the molecule is O=[N+]([O-])c1ccc(-c2csc(=Nc3ccc(F)cc3)n2N=Cc2ccc(N3CCOCC3)cc2)cc1. The maximum absolute atomic E-state index is 13.4. The van der Waals surface area contributed by atoms with Gasteiger partial charge in [-0.3, -0.25) is 10.1 Å². The number of ether oxygens (including phenoxy) is 1. The summed E-state index contributed by atoms with van der Waals surface area (Å²) in [5, 5.41) is 17.6. The number of nitro benzene ring substituents is 1. The molecule has 8 nitrogen and oxygen atoms in total. The zero-order valence-corrected chi connectivity index (χ0v) is 20.0. The molecule has 0 N–H and O–H groups in total. The summed E-state index contributed by atoms with van der Waals surface area (Å²) in [6.45, 7) is 3.18. The molecule has 1 saturated heterocycles. The first-order chi connectivity index (χ1) is 17.6. The Balaban J connectivity index is 1.50. The largest absolute Gasteiger partial charge is 0.378 e. The minimum absolute atomic E-state index is 0.0145. The van der Waals surface area contributed by atoms with Crippen molar-refractivity contribution in [3.05, 3.63) is 104 Å². The molecule has 0 aliphatic carbocycles. The van der Waals surface area contributed by atoms with Crippen molar-refractivity contribution in [2.45, 2.75) is 0 Å². The Morgan fingerprint density at radius 2 is 1.67 bits per heavy atom. The molecular formula is C26H22FN5O3S. The third kappa shape index (κ3) is 5.40. The molecule has 0 atom stereocenters. The van der Waals surface area contributed by atoms with Crippen LogP contribution in [0.2, 0.25) is 0 Å². The molecule has 3 aromatic carbocycles. The third-order valence-corrected chi connectivity index (χ3v) is 6.52. The van der Waals surface area contributed by atoms with Crippen molar-refractivity contribution in [1.29, 1.82) is 0 Å². The lowest BCUT2D eigenvalue weighted by atomic mass is 10.1. The van der Waals surface area contributed by atoms with E-state index in [0.717, 1.165) is 48.8 Å². The number of hydrogen-bond acceptors (Lipinski definition) is 7. The summed E-state index contributed by atoms with van der Waals surface area (Å²) in [6.07, 6.45) is 1.74. The molecule has 0 amide bonds. The average Bonchev–Trinajstić information content (AvgIpc) is 3.31. The minimum Gasteiger partial charge on any atom is -0.378 e. The summed E-state index contributed by atoms with van der Waals surface area (Å²) in [6, 6.07) is 20.3. The third-order valence-electron chi connectivity index (χ3n) is 5.70. The van der Waals surface area contributed by atoms with Crippen LogP contribution in [0, 0.1) is 15.9 Å². The molecule has 1 aliphatic heterocycles. The second-order valence-electron chi connectivity index (χ2n) is 8.04. The number of nitro groups is 1. The van der Waals surface area contributed by atoms with Crippen LogP contribution in [0.3, 0.4) is 0 Å². The molecule has 0 spiro atoms. The number of nitrogens with zero attached hydrogens (tertiary/aromatic N) is 5. The fourth-order valence-electron chi connectivity index (χ4n) is 3.78. The molecular weight excluding hydrogens is 481 g/mol. The smallest absolute Gasteiger partial charge is 0.269 e. The van der Waals surface area contributed by atoms with Crippen LogP contribution in [0.25, 0.3) is 11.3 Å². The van der Waals surface area contributed by atoms with Gasteiger partial charge in [0.15, 0.2) is 0 Å². The maximum atomic E-state index is 13.4. The van der Waals surface area contributed by atoms with Gasteiger partial charge in [-0.25, -0.2) is 14.1 Å². The molecule has 1 aromatic heterocycles. The number of anilines is 1. The molecule has 5 rings (SSSR count). The fraction of sp³-hybridized carbons (Fsp3) is 0.154. The lowest BCUT2D eigenvalue weighted by molar-refractivity contribution is -0.384. The zero-order chi connectivity index (χ0) is 24.9. The van der Waals surface area contributed by atoms with Crippen molar-refractivity contribution in [3.8, 4) is 11.3 Å². The Morgan fingerprint density at radius 1 is 0.972 bits per heavy atom. The van der Waals surface area contributed by atoms with Gasteiger partial charge in [-0.05, 0) is 54.1 Å². The van der Waals surface area contributed by atoms with Gasteiger partial charge in [-0.1, -0.05) is 12.1 Å². The van der Waals surface area contributed by atoms with E-state index in [0.29, 0.717) is 10.5 Å². The van der Waals surface area contributed by atoms with E-state index in [-0.39, 0.29) is 11.5 Å².